The first kappa shape index (κ1) is 12.8. The predicted molar refractivity (Wildman–Crippen MR) is 67.4 cm³/mol. The zero-order valence-electron chi connectivity index (χ0n) is 9.27. The lowest BCUT2D eigenvalue weighted by molar-refractivity contribution is 0.146. The molecule has 88 valence electrons. The van der Waals surface area contributed by atoms with Gasteiger partial charge in [-0.1, -0.05) is 0 Å². The average molecular weight is 240 g/mol. The van der Waals surface area contributed by atoms with Crippen molar-refractivity contribution >= 4 is 23.3 Å². The largest absolute Gasteiger partial charge is 0.382 e. The molecule has 0 unspecified atom stereocenters. The van der Waals surface area contributed by atoms with Crippen molar-refractivity contribution in [3.63, 3.8) is 0 Å². The third-order valence-corrected chi connectivity index (χ3v) is 1.99. The maximum absolute atomic E-state index is 5.21. The fourth-order valence-corrected chi connectivity index (χ4v) is 1.22. The number of nitrogens with zero attached hydrogens (tertiary/aromatic N) is 2. The molecule has 2 N–H and O–H groups in total. The topological polar surface area (TPSA) is 59.1 Å². The second-order valence-corrected chi connectivity index (χ2v) is 3.41. The van der Waals surface area contributed by atoms with Crippen molar-refractivity contribution in [2.24, 2.45) is 0 Å². The molecule has 0 saturated heterocycles. The summed E-state index contributed by atoms with van der Waals surface area (Å²) in [5.41, 5.74) is 0. The van der Waals surface area contributed by atoms with E-state index < -0.39 is 0 Å². The monoisotopic (exact) mass is 240 g/mol. The Hall–Kier alpha value is -1.27. The summed E-state index contributed by atoms with van der Waals surface area (Å²) in [6.45, 7) is 4.25. The van der Waals surface area contributed by atoms with Crippen molar-refractivity contribution in [3.05, 3.63) is 18.5 Å². The molecule has 0 atom stereocenters. The number of anilines is 1. The molecule has 1 aromatic heterocycles. The molecule has 5 nitrogen and oxygen atoms in total. The molecule has 1 heterocycles. The van der Waals surface area contributed by atoms with Crippen molar-refractivity contribution in [2.75, 3.05) is 25.1 Å². The first-order valence-electron chi connectivity index (χ1n) is 5.22. The number of nitrogens with one attached hydrogen (secondary N) is 2. The van der Waals surface area contributed by atoms with Crippen LogP contribution in [0, 0.1) is 0 Å². The van der Waals surface area contributed by atoms with E-state index in [1.165, 1.54) is 0 Å². The van der Waals surface area contributed by atoms with E-state index >= 15 is 0 Å². The number of rotatable bonds is 6. The van der Waals surface area contributed by atoms with Crippen LogP contribution in [-0.2, 0) is 4.74 Å². The SMILES string of the molecule is CCOCCCNC(=S)Nc1ncccn1. The molecule has 0 bridgehead atoms. The lowest BCUT2D eigenvalue weighted by Crippen LogP contribution is -2.30. The number of aromatic nitrogens is 2. The summed E-state index contributed by atoms with van der Waals surface area (Å²) in [4.78, 5) is 8.00. The van der Waals surface area contributed by atoms with Crippen LogP contribution in [0.25, 0.3) is 0 Å². The van der Waals surface area contributed by atoms with Crippen LogP contribution >= 0.6 is 12.2 Å². The first-order valence-corrected chi connectivity index (χ1v) is 5.63. The number of hydrogen-bond donors (Lipinski definition) is 2. The fourth-order valence-electron chi connectivity index (χ4n) is 1.03. The van der Waals surface area contributed by atoms with Gasteiger partial charge in [-0.2, -0.15) is 0 Å². The molecular formula is C10H16N4OS. The summed E-state index contributed by atoms with van der Waals surface area (Å²) < 4.78 is 5.21. The van der Waals surface area contributed by atoms with E-state index in [1.807, 2.05) is 6.92 Å². The molecule has 1 aromatic rings. The van der Waals surface area contributed by atoms with Crippen LogP contribution in [0.3, 0.4) is 0 Å². The third kappa shape index (κ3) is 5.57. The van der Waals surface area contributed by atoms with Crippen molar-refractivity contribution in [1.29, 1.82) is 0 Å². The second-order valence-electron chi connectivity index (χ2n) is 3.00. The van der Waals surface area contributed by atoms with Gasteiger partial charge in [0, 0.05) is 32.2 Å². The Labute approximate surface area is 101 Å². The van der Waals surface area contributed by atoms with Gasteiger partial charge in [0.25, 0.3) is 0 Å². The number of thiocarbonyl (C=S) groups is 1. The Balaban J connectivity index is 2.12. The van der Waals surface area contributed by atoms with Crippen LogP contribution in [0.1, 0.15) is 13.3 Å². The van der Waals surface area contributed by atoms with Crippen LogP contribution in [0.15, 0.2) is 18.5 Å². The minimum absolute atomic E-state index is 0.504. The van der Waals surface area contributed by atoms with E-state index in [0.717, 1.165) is 26.2 Å². The highest BCUT2D eigenvalue weighted by atomic mass is 32.1. The zero-order valence-corrected chi connectivity index (χ0v) is 10.1. The third-order valence-electron chi connectivity index (χ3n) is 1.75. The maximum atomic E-state index is 5.21. The van der Waals surface area contributed by atoms with Gasteiger partial charge in [-0.15, -0.1) is 0 Å². The van der Waals surface area contributed by atoms with E-state index in [4.69, 9.17) is 17.0 Å². The highest BCUT2D eigenvalue weighted by Crippen LogP contribution is 1.93. The summed E-state index contributed by atoms with van der Waals surface area (Å²) in [7, 11) is 0. The van der Waals surface area contributed by atoms with E-state index in [0.29, 0.717) is 11.1 Å². The van der Waals surface area contributed by atoms with Crippen molar-refractivity contribution in [1.82, 2.24) is 15.3 Å². The number of hydrogen-bond acceptors (Lipinski definition) is 4. The normalized spacial score (nSPS) is 9.81. The number of ether oxygens (including phenoxy) is 1. The Morgan fingerprint density at radius 2 is 2.19 bits per heavy atom. The molecule has 6 heteroatoms. The van der Waals surface area contributed by atoms with Crippen LogP contribution in [0.4, 0.5) is 5.95 Å². The van der Waals surface area contributed by atoms with Gasteiger partial charge in [0.2, 0.25) is 5.95 Å². The second kappa shape index (κ2) is 7.95. The summed E-state index contributed by atoms with van der Waals surface area (Å²) in [6, 6.07) is 1.75. The molecule has 0 aromatic carbocycles. The van der Waals surface area contributed by atoms with Crippen LogP contribution < -0.4 is 10.6 Å². The van der Waals surface area contributed by atoms with Gasteiger partial charge in [0.05, 0.1) is 0 Å². The molecular weight excluding hydrogens is 224 g/mol. The minimum Gasteiger partial charge on any atom is -0.382 e. The van der Waals surface area contributed by atoms with Crippen LogP contribution in [-0.4, -0.2) is 34.8 Å². The minimum atomic E-state index is 0.504. The van der Waals surface area contributed by atoms with E-state index in [9.17, 15) is 0 Å². The molecule has 0 aliphatic carbocycles. The Morgan fingerprint density at radius 1 is 1.44 bits per heavy atom. The van der Waals surface area contributed by atoms with Crippen molar-refractivity contribution in [2.45, 2.75) is 13.3 Å². The Bertz CT molecular complexity index is 307. The van der Waals surface area contributed by atoms with Crippen LogP contribution in [0.2, 0.25) is 0 Å². The van der Waals surface area contributed by atoms with Crippen molar-refractivity contribution in [3.8, 4) is 0 Å². The van der Waals surface area contributed by atoms with Gasteiger partial charge in [-0.05, 0) is 31.6 Å². The van der Waals surface area contributed by atoms with Gasteiger partial charge in [-0.25, -0.2) is 9.97 Å². The molecule has 0 saturated carbocycles. The zero-order chi connectivity index (χ0) is 11.6. The predicted octanol–water partition coefficient (Wildman–Crippen LogP) is 1.19. The summed E-state index contributed by atoms with van der Waals surface area (Å²) in [5.74, 6) is 0.504. The van der Waals surface area contributed by atoms with Gasteiger partial charge in [-0.3, -0.25) is 0 Å². The Morgan fingerprint density at radius 3 is 2.88 bits per heavy atom. The maximum Gasteiger partial charge on any atom is 0.228 e. The van der Waals surface area contributed by atoms with Gasteiger partial charge >= 0.3 is 0 Å². The summed E-state index contributed by atoms with van der Waals surface area (Å²) >= 11 is 5.07. The van der Waals surface area contributed by atoms with Gasteiger partial charge in [0.1, 0.15) is 0 Å². The van der Waals surface area contributed by atoms with E-state index in [-0.39, 0.29) is 0 Å². The molecule has 16 heavy (non-hydrogen) atoms. The molecule has 0 fully saturated rings. The standard InChI is InChI=1S/C10H16N4OS/c1-2-15-8-4-7-13-10(16)14-9-11-5-3-6-12-9/h3,5-6H,2,4,7-8H2,1H3,(H2,11,12,13,14,16). The van der Waals surface area contributed by atoms with Crippen LogP contribution in [0.5, 0.6) is 0 Å². The summed E-state index contributed by atoms with van der Waals surface area (Å²) in [5, 5.41) is 6.47. The van der Waals surface area contributed by atoms with Gasteiger partial charge < -0.3 is 15.4 Å². The molecule has 0 aliphatic rings. The lowest BCUT2D eigenvalue weighted by atomic mass is 10.4. The highest BCUT2D eigenvalue weighted by molar-refractivity contribution is 7.80. The smallest absolute Gasteiger partial charge is 0.228 e. The Kier molecular flexibility index (Phi) is 6.36. The quantitative estimate of drug-likeness (QED) is 0.575. The average Bonchev–Trinajstić information content (AvgIpc) is 2.30. The fraction of sp³-hybridized carbons (Fsp3) is 0.500. The molecule has 0 amide bonds. The molecule has 1 rings (SSSR count). The van der Waals surface area contributed by atoms with E-state index in [2.05, 4.69) is 20.6 Å². The van der Waals surface area contributed by atoms with Gasteiger partial charge in [0.15, 0.2) is 5.11 Å². The first-order chi connectivity index (χ1) is 7.83. The lowest BCUT2D eigenvalue weighted by Gasteiger charge is -2.08. The summed E-state index contributed by atoms with van der Waals surface area (Å²) in [6.07, 6.45) is 4.24. The molecule has 0 radical (unpaired) electrons. The van der Waals surface area contributed by atoms with E-state index in [1.54, 1.807) is 18.5 Å². The molecule has 0 aliphatic heterocycles. The van der Waals surface area contributed by atoms with Crippen molar-refractivity contribution < 1.29 is 4.74 Å². The highest BCUT2D eigenvalue weighted by Gasteiger charge is 1.97. The molecule has 0 spiro atoms.